The fourth-order valence-electron chi connectivity index (χ4n) is 2.97. The molecule has 0 radical (unpaired) electrons. The molecule has 2 atom stereocenters. The summed E-state index contributed by atoms with van der Waals surface area (Å²) in [6.07, 6.45) is 2.42. The van der Waals surface area contributed by atoms with Gasteiger partial charge in [-0.25, -0.2) is 0 Å². The summed E-state index contributed by atoms with van der Waals surface area (Å²) in [5, 5.41) is 11.9. The van der Waals surface area contributed by atoms with Crippen LogP contribution in [0.25, 0.3) is 0 Å². The minimum Gasteiger partial charge on any atom is -0.370 e. The van der Waals surface area contributed by atoms with Crippen LogP contribution in [-0.2, 0) is 16.1 Å². The molecule has 0 bridgehead atoms. The smallest absolute Gasteiger partial charge is 0.233 e. The number of primary amides is 1. The number of aromatic nitrogens is 3. The summed E-state index contributed by atoms with van der Waals surface area (Å²) in [7, 11) is 0. The number of nitrogens with zero attached hydrogens (tertiary/aromatic N) is 3. The molecule has 0 aliphatic heterocycles. The zero-order valence-electron chi connectivity index (χ0n) is 16.3. The molecule has 7 nitrogen and oxygen atoms in total. The first-order chi connectivity index (χ1) is 13.5. The maximum Gasteiger partial charge on any atom is 0.233 e. The van der Waals surface area contributed by atoms with E-state index in [-0.39, 0.29) is 29.4 Å². The Morgan fingerprint density at radius 1 is 1.25 bits per heavy atom. The van der Waals surface area contributed by atoms with E-state index < -0.39 is 0 Å². The van der Waals surface area contributed by atoms with Crippen molar-refractivity contribution in [2.45, 2.75) is 61.9 Å². The lowest BCUT2D eigenvalue weighted by atomic mass is 10.0. The van der Waals surface area contributed by atoms with E-state index in [0.717, 1.165) is 18.7 Å². The van der Waals surface area contributed by atoms with E-state index in [4.69, 9.17) is 5.73 Å². The maximum atomic E-state index is 12.6. The van der Waals surface area contributed by atoms with Crippen molar-refractivity contribution in [3.8, 4) is 0 Å². The minimum absolute atomic E-state index is 0.0368. The lowest BCUT2D eigenvalue weighted by molar-refractivity contribution is -0.120. The number of benzene rings is 1. The predicted molar refractivity (Wildman–Crippen MR) is 109 cm³/mol. The van der Waals surface area contributed by atoms with Gasteiger partial charge in [-0.1, -0.05) is 49.0 Å². The van der Waals surface area contributed by atoms with E-state index in [1.165, 1.54) is 17.3 Å². The molecule has 28 heavy (non-hydrogen) atoms. The van der Waals surface area contributed by atoms with E-state index in [9.17, 15) is 9.59 Å². The van der Waals surface area contributed by atoms with Crippen molar-refractivity contribution < 1.29 is 9.59 Å². The van der Waals surface area contributed by atoms with E-state index in [1.54, 1.807) is 0 Å². The number of carbonyl (C=O) groups is 2. The largest absolute Gasteiger partial charge is 0.370 e. The first-order valence-corrected chi connectivity index (χ1v) is 10.5. The summed E-state index contributed by atoms with van der Waals surface area (Å²) in [6.45, 7) is 4.98. The highest BCUT2D eigenvalue weighted by Crippen LogP contribution is 2.40. The van der Waals surface area contributed by atoms with Gasteiger partial charge in [0.1, 0.15) is 5.82 Å². The molecule has 150 valence electrons. The van der Waals surface area contributed by atoms with Gasteiger partial charge in [0, 0.05) is 25.4 Å². The lowest BCUT2D eigenvalue weighted by Gasteiger charge is -2.16. The number of nitrogens with one attached hydrogen (secondary N) is 1. The average molecular weight is 402 g/mol. The molecule has 1 aromatic heterocycles. The third kappa shape index (κ3) is 5.34. The second kappa shape index (κ2) is 9.23. The Hall–Kier alpha value is -2.35. The van der Waals surface area contributed by atoms with Crippen molar-refractivity contribution in [3.05, 3.63) is 41.7 Å². The van der Waals surface area contributed by atoms with Gasteiger partial charge < -0.3 is 15.6 Å². The van der Waals surface area contributed by atoms with Crippen LogP contribution in [0.1, 0.15) is 56.3 Å². The van der Waals surface area contributed by atoms with Crippen LogP contribution in [0.4, 0.5) is 0 Å². The molecule has 1 aliphatic carbocycles. The second-order valence-corrected chi connectivity index (χ2v) is 8.61. The first-order valence-electron chi connectivity index (χ1n) is 9.66. The molecule has 1 heterocycles. The van der Waals surface area contributed by atoms with Gasteiger partial charge in [0.2, 0.25) is 11.8 Å². The molecule has 2 aromatic rings. The Morgan fingerprint density at radius 3 is 2.61 bits per heavy atom. The molecule has 3 N–H and O–H groups in total. The molecular formula is C20H27N5O2S. The monoisotopic (exact) mass is 401 g/mol. The fraction of sp³-hybridized carbons (Fsp3) is 0.500. The Kier molecular flexibility index (Phi) is 6.72. The van der Waals surface area contributed by atoms with Crippen LogP contribution in [-0.4, -0.2) is 38.4 Å². The molecule has 1 aliphatic rings. The van der Waals surface area contributed by atoms with Gasteiger partial charge in [0.05, 0.1) is 5.25 Å². The van der Waals surface area contributed by atoms with E-state index in [0.29, 0.717) is 24.2 Å². The quantitative estimate of drug-likeness (QED) is 0.595. The highest BCUT2D eigenvalue weighted by Gasteiger charge is 2.31. The van der Waals surface area contributed by atoms with Crippen LogP contribution < -0.4 is 11.1 Å². The Bertz CT molecular complexity index is 819. The zero-order chi connectivity index (χ0) is 20.1. The standard InChI is InChI=1S/C20H27N5O2S/c1-13(15-6-4-3-5-7-15)12-22-19(27)14(2)28-20-24-23-18(16-8-9-16)25(20)11-10-17(21)26/h3-7,13-14,16H,8-12H2,1-2H3,(H2,21,26)(H,22,27). The van der Waals surface area contributed by atoms with E-state index >= 15 is 0 Å². The van der Waals surface area contributed by atoms with Crippen LogP contribution in [0.3, 0.4) is 0 Å². The molecule has 3 rings (SSSR count). The summed E-state index contributed by atoms with van der Waals surface area (Å²) in [4.78, 5) is 23.7. The average Bonchev–Trinajstić information content (AvgIpc) is 3.46. The minimum atomic E-state index is -0.355. The normalized spacial score (nSPS) is 15.8. The van der Waals surface area contributed by atoms with Crippen molar-refractivity contribution >= 4 is 23.6 Å². The van der Waals surface area contributed by atoms with Crippen molar-refractivity contribution in [1.82, 2.24) is 20.1 Å². The number of amides is 2. The van der Waals surface area contributed by atoms with Gasteiger partial charge in [-0.3, -0.25) is 9.59 Å². The number of carbonyl (C=O) groups excluding carboxylic acids is 2. The second-order valence-electron chi connectivity index (χ2n) is 7.30. The molecule has 1 saturated carbocycles. The van der Waals surface area contributed by atoms with Crippen LogP contribution in [0.2, 0.25) is 0 Å². The van der Waals surface area contributed by atoms with Crippen molar-refractivity contribution in [2.24, 2.45) is 5.73 Å². The number of hydrogen-bond acceptors (Lipinski definition) is 5. The summed E-state index contributed by atoms with van der Waals surface area (Å²) >= 11 is 1.37. The predicted octanol–water partition coefficient (Wildman–Crippen LogP) is 2.43. The highest BCUT2D eigenvalue weighted by atomic mass is 32.2. The maximum absolute atomic E-state index is 12.6. The SMILES string of the molecule is CC(Sc1nnc(C2CC2)n1CCC(N)=O)C(=O)NCC(C)c1ccccc1. The Labute approximate surface area is 169 Å². The van der Waals surface area contributed by atoms with Gasteiger partial charge in [-0.2, -0.15) is 0 Å². The van der Waals surface area contributed by atoms with Crippen molar-refractivity contribution in [3.63, 3.8) is 0 Å². The Morgan fingerprint density at radius 2 is 1.96 bits per heavy atom. The van der Waals surface area contributed by atoms with Crippen LogP contribution in [0.5, 0.6) is 0 Å². The number of rotatable bonds is 10. The summed E-state index contributed by atoms with van der Waals surface area (Å²) in [5.74, 6) is 1.15. The van der Waals surface area contributed by atoms with Gasteiger partial charge in [0.25, 0.3) is 0 Å². The van der Waals surface area contributed by atoms with Gasteiger partial charge >= 0.3 is 0 Å². The summed E-state index contributed by atoms with van der Waals surface area (Å²) in [6, 6.07) is 10.1. The molecular weight excluding hydrogens is 374 g/mol. The van der Waals surface area contributed by atoms with Gasteiger partial charge in [0.15, 0.2) is 5.16 Å². The van der Waals surface area contributed by atoms with Crippen LogP contribution in [0.15, 0.2) is 35.5 Å². The number of nitrogens with two attached hydrogens (primary N) is 1. The third-order valence-corrected chi connectivity index (χ3v) is 5.95. The molecule has 2 unspecified atom stereocenters. The molecule has 8 heteroatoms. The molecule has 0 spiro atoms. The van der Waals surface area contributed by atoms with Gasteiger partial charge in [-0.05, 0) is 31.2 Å². The number of thioether (sulfide) groups is 1. The highest BCUT2D eigenvalue weighted by molar-refractivity contribution is 8.00. The molecule has 2 amide bonds. The third-order valence-electron chi connectivity index (χ3n) is 4.87. The zero-order valence-corrected chi connectivity index (χ0v) is 17.1. The summed E-state index contributed by atoms with van der Waals surface area (Å²) in [5.41, 5.74) is 6.50. The number of hydrogen-bond donors (Lipinski definition) is 2. The van der Waals surface area contributed by atoms with Crippen LogP contribution in [0, 0.1) is 0 Å². The molecule has 0 saturated heterocycles. The first kappa shape index (κ1) is 20.4. The van der Waals surface area contributed by atoms with Crippen LogP contribution >= 0.6 is 11.8 Å². The molecule has 1 aromatic carbocycles. The fourth-order valence-corrected chi connectivity index (χ4v) is 3.88. The van der Waals surface area contributed by atoms with E-state index in [2.05, 4.69) is 34.6 Å². The topological polar surface area (TPSA) is 103 Å². The lowest BCUT2D eigenvalue weighted by Crippen LogP contribution is -2.33. The Balaban J connectivity index is 1.58. The van der Waals surface area contributed by atoms with E-state index in [1.807, 2.05) is 29.7 Å². The van der Waals surface area contributed by atoms with Crippen molar-refractivity contribution in [1.29, 1.82) is 0 Å². The van der Waals surface area contributed by atoms with Crippen molar-refractivity contribution in [2.75, 3.05) is 6.54 Å². The summed E-state index contributed by atoms with van der Waals surface area (Å²) < 4.78 is 1.95. The van der Waals surface area contributed by atoms with Gasteiger partial charge in [-0.15, -0.1) is 10.2 Å². The molecule has 1 fully saturated rings.